The topological polar surface area (TPSA) is 35.5 Å². The van der Waals surface area contributed by atoms with Crippen molar-refractivity contribution >= 4 is 5.97 Å². The van der Waals surface area contributed by atoms with E-state index in [4.69, 9.17) is 9.47 Å². The Balaban J connectivity index is 2.17. The summed E-state index contributed by atoms with van der Waals surface area (Å²) in [7, 11) is 1.44. The van der Waals surface area contributed by atoms with Crippen LogP contribution in [0.5, 0.6) is 0 Å². The maximum atomic E-state index is 11.4. The molecule has 68 valence electrons. The molecule has 2 fully saturated rings. The first kappa shape index (κ1) is 8.05. The van der Waals surface area contributed by atoms with Crippen LogP contribution in [0.2, 0.25) is 0 Å². The van der Waals surface area contributed by atoms with Gasteiger partial charge in [-0.3, -0.25) is 4.79 Å². The molecule has 2 heterocycles. The molecule has 2 bridgehead atoms. The summed E-state index contributed by atoms with van der Waals surface area (Å²) in [5, 5.41) is 0. The van der Waals surface area contributed by atoms with Crippen LogP contribution >= 0.6 is 0 Å². The molecule has 3 heteroatoms. The molecular formula is C9H14O3. The van der Waals surface area contributed by atoms with Gasteiger partial charge in [0, 0.05) is 0 Å². The van der Waals surface area contributed by atoms with Crippen molar-refractivity contribution in [2.45, 2.75) is 38.4 Å². The van der Waals surface area contributed by atoms with E-state index in [0.29, 0.717) is 6.10 Å². The average molecular weight is 170 g/mol. The molecule has 2 aliphatic rings. The van der Waals surface area contributed by atoms with Gasteiger partial charge in [0.05, 0.1) is 24.7 Å². The van der Waals surface area contributed by atoms with Crippen LogP contribution in [0.15, 0.2) is 0 Å². The zero-order valence-electron chi connectivity index (χ0n) is 7.50. The Labute approximate surface area is 72.0 Å². The lowest BCUT2D eigenvalue weighted by atomic mass is 9.76. The number of hydrogen-bond donors (Lipinski definition) is 0. The number of ether oxygens (including phenoxy) is 2. The van der Waals surface area contributed by atoms with Gasteiger partial charge in [-0.15, -0.1) is 0 Å². The quantitative estimate of drug-likeness (QED) is 0.553. The average Bonchev–Trinajstić information content (AvgIpc) is 2.62. The van der Waals surface area contributed by atoms with Crippen molar-refractivity contribution in [2.24, 2.45) is 5.41 Å². The molecule has 12 heavy (non-hydrogen) atoms. The molecule has 0 aliphatic carbocycles. The lowest BCUT2D eigenvalue weighted by molar-refractivity contribution is -0.154. The van der Waals surface area contributed by atoms with Gasteiger partial charge in [0.1, 0.15) is 0 Å². The molecule has 0 spiro atoms. The summed E-state index contributed by atoms with van der Waals surface area (Å²) in [6.45, 7) is 1.95. The predicted octanol–water partition coefficient (Wildman–Crippen LogP) is 1.12. The highest BCUT2D eigenvalue weighted by atomic mass is 16.5. The molecule has 3 nitrogen and oxygen atoms in total. The highest BCUT2D eigenvalue weighted by Gasteiger charge is 2.54. The van der Waals surface area contributed by atoms with Crippen molar-refractivity contribution in [1.29, 1.82) is 0 Å². The number of fused-ring (bicyclic) bond motifs is 2. The van der Waals surface area contributed by atoms with Crippen molar-refractivity contribution < 1.29 is 14.3 Å². The van der Waals surface area contributed by atoms with E-state index in [-0.39, 0.29) is 17.5 Å². The van der Waals surface area contributed by atoms with Gasteiger partial charge < -0.3 is 9.47 Å². The van der Waals surface area contributed by atoms with Gasteiger partial charge in [0.2, 0.25) is 0 Å². The Morgan fingerprint density at radius 3 is 2.75 bits per heavy atom. The summed E-state index contributed by atoms with van der Waals surface area (Å²) in [6, 6.07) is 0. The second-order valence-corrected chi connectivity index (χ2v) is 3.94. The van der Waals surface area contributed by atoms with Crippen LogP contribution in [0.1, 0.15) is 26.2 Å². The summed E-state index contributed by atoms with van der Waals surface area (Å²) >= 11 is 0. The highest BCUT2D eigenvalue weighted by molar-refractivity contribution is 5.77. The Morgan fingerprint density at radius 1 is 1.58 bits per heavy atom. The van der Waals surface area contributed by atoms with E-state index in [9.17, 15) is 4.79 Å². The third-order valence-corrected chi connectivity index (χ3v) is 3.12. The lowest BCUT2D eigenvalue weighted by Crippen LogP contribution is -2.38. The van der Waals surface area contributed by atoms with Crippen molar-refractivity contribution in [3.05, 3.63) is 0 Å². The fourth-order valence-corrected chi connectivity index (χ4v) is 2.38. The minimum atomic E-state index is -0.363. The molecule has 2 saturated heterocycles. The molecule has 0 amide bonds. The molecule has 0 aromatic rings. The van der Waals surface area contributed by atoms with Crippen LogP contribution in [-0.2, 0) is 14.3 Å². The Hall–Kier alpha value is -0.570. The van der Waals surface area contributed by atoms with Gasteiger partial charge in [-0.2, -0.15) is 0 Å². The second-order valence-electron chi connectivity index (χ2n) is 3.94. The number of esters is 1. The van der Waals surface area contributed by atoms with Gasteiger partial charge in [-0.1, -0.05) is 0 Å². The monoisotopic (exact) mass is 170 g/mol. The number of hydrogen-bond acceptors (Lipinski definition) is 3. The van der Waals surface area contributed by atoms with Crippen LogP contribution in [-0.4, -0.2) is 25.3 Å². The molecule has 3 atom stereocenters. The third kappa shape index (κ3) is 0.891. The minimum Gasteiger partial charge on any atom is -0.469 e. The standard InChI is InChI=1S/C9H14O3/c1-9(8(10)11-2)5-6-3-4-7(9)12-6/h6-7H,3-5H2,1-2H3/t6-,7-,9-/m0/s1. The summed E-state index contributed by atoms with van der Waals surface area (Å²) in [5.74, 6) is -0.116. The van der Waals surface area contributed by atoms with E-state index in [1.807, 2.05) is 6.92 Å². The normalized spacial score (nSPS) is 44.8. The second kappa shape index (κ2) is 2.46. The summed E-state index contributed by atoms with van der Waals surface area (Å²) in [4.78, 5) is 11.4. The van der Waals surface area contributed by atoms with Crippen molar-refractivity contribution in [1.82, 2.24) is 0 Å². The van der Waals surface area contributed by atoms with E-state index >= 15 is 0 Å². The fraction of sp³-hybridized carbons (Fsp3) is 0.889. The van der Waals surface area contributed by atoms with Gasteiger partial charge in [-0.05, 0) is 26.2 Å². The molecule has 0 unspecified atom stereocenters. The first-order chi connectivity index (χ1) is 5.66. The fourth-order valence-electron chi connectivity index (χ4n) is 2.38. The SMILES string of the molecule is COC(=O)[C@@]1(C)C[C@@H]2CC[C@@H]1O2. The third-order valence-electron chi connectivity index (χ3n) is 3.12. The summed E-state index contributed by atoms with van der Waals surface area (Å²) < 4.78 is 10.4. The van der Waals surface area contributed by atoms with Crippen LogP contribution in [0.4, 0.5) is 0 Å². The first-order valence-electron chi connectivity index (χ1n) is 4.40. The van der Waals surface area contributed by atoms with E-state index in [1.165, 1.54) is 7.11 Å². The molecule has 2 rings (SSSR count). The molecule has 0 aromatic carbocycles. The van der Waals surface area contributed by atoms with Gasteiger partial charge >= 0.3 is 5.97 Å². The Kier molecular flexibility index (Phi) is 1.65. The van der Waals surface area contributed by atoms with Crippen LogP contribution in [0, 0.1) is 5.41 Å². The number of rotatable bonds is 1. The van der Waals surface area contributed by atoms with Crippen LogP contribution in [0.3, 0.4) is 0 Å². The molecule has 0 aromatic heterocycles. The maximum Gasteiger partial charge on any atom is 0.314 e. The van der Waals surface area contributed by atoms with Crippen LogP contribution in [0.25, 0.3) is 0 Å². The van der Waals surface area contributed by atoms with Gasteiger partial charge in [0.15, 0.2) is 0 Å². The van der Waals surface area contributed by atoms with E-state index < -0.39 is 0 Å². The highest BCUT2D eigenvalue weighted by Crippen LogP contribution is 2.47. The Morgan fingerprint density at radius 2 is 2.33 bits per heavy atom. The number of carbonyl (C=O) groups is 1. The van der Waals surface area contributed by atoms with Gasteiger partial charge in [0.25, 0.3) is 0 Å². The van der Waals surface area contributed by atoms with Crippen molar-refractivity contribution in [3.63, 3.8) is 0 Å². The zero-order chi connectivity index (χ0) is 8.77. The van der Waals surface area contributed by atoms with E-state index in [1.54, 1.807) is 0 Å². The largest absolute Gasteiger partial charge is 0.469 e. The van der Waals surface area contributed by atoms with Crippen molar-refractivity contribution in [3.8, 4) is 0 Å². The molecule has 0 radical (unpaired) electrons. The predicted molar refractivity (Wildman–Crippen MR) is 42.6 cm³/mol. The molecular weight excluding hydrogens is 156 g/mol. The molecule has 2 aliphatic heterocycles. The zero-order valence-corrected chi connectivity index (χ0v) is 7.50. The maximum absolute atomic E-state index is 11.4. The van der Waals surface area contributed by atoms with E-state index in [2.05, 4.69) is 0 Å². The minimum absolute atomic E-state index is 0.106. The van der Waals surface area contributed by atoms with Crippen LogP contribution < -0.4 is 0 Å². The first-order valence-corrected chi connectivity index (χ1v) is 4.40. The number of methoxy groups -OCH3 is 1. The van der Waals surface area contributed by atoms with E-state index in [0.717, 1.165) is 19.3 Å². The van der Waals surface area contributed by atoms with Gasteiger partial charge in [-0.25, -0.2) is 0 Å². The summed E-state index contributed by atoms with van der Waals surface area (Å²) in [6.07, 6.45) is 3.37. The molecule has 0 saturated carbocycles. The van der Waals surface area contributed by atoms with Crippen molar-refractivity contribution in [2.75, 3.05) is 7.11 Å². The molecule has 0 N–H and O–H groups in total. The lowest BCUT2D eigenvalue weighted by Gasteiger charge is -2.27. The number of carbonyl (C=O) groups excluding carboxylic acids is 1. The summed E-state index contributed by atoms with van der Waals surface area (Å²) in [5.41, 5.74) is -0.363. The Bertz CT molecular complexity index is 214. The smallest absolute Gasteiger partial charge is 0.314 e.